The highest BCUT2D eigenvalue weighted by Gasteiger charge is 2.11. The number of benzene rings is 3. The third-order valence-corrected chi connectivity index (χ3v) is 3.37. The number of rotatable bonds is 2. The molecular weight excluding hydrogens is 261 g/mol. The summed E-state index contributed by atoms with van der Waals surface area (Å²) < 4.78 is 12.9. The molecule has 0 amide bonds. The molecule has 3 aromatic rings. The average molecular weight is 276 g/mol. The second-order valence-corrected chi connectivity index (χ2v) is 4.49. The van der Waals surface area contributed by atoms with Gasteiger partial charge in [0.05, 0.1) is 6.04 Å². The Kier molecular flexibility index (Phi) is 4.03. The number of halogens is 2. The Morgan fingerprint density at radius 1 is 0.895 bits per heavy atom. The predicted molar refractivity (Wildman–Crippen MR) is 81.6 cm³/mol. The van der Waals surface area contributed by atoms with Crippen LogP contribution in [-0.4, -0.2) is 6.67 Å². The summed E-state index contributed by atoms with van der Waals surface area (Å²) in [6.07, 6.45) is 0. The van der Waals surface area contributed by atoms with E-state index in [1.165, 1.54) is 5.39 Å². The zero-order valence-corrected chi connectivity index (χ0v) is 11.2. The van der Waals surface area contributed by atoms with Crippen LogP contribution in [0.4, 0.5) is 4.39 Å². The predicted octanol–water partition coefficient (Wildman–Crippen LogP) is 4.38. The van der Waals surface area contributed by atoms with E-state index in [1.54, 1.807) is 0 Å². The lowest BCUT2D eigenvalue weighted by Crippen LogP contribution is -2.12. The fraction of sp³-hybridized carbons (Fsp3) is 0.125. The van der Waals surface area contributed by atoms with Gasteiger partial charge in [-0.05, 0) is 33.2 Å². The van der Waals surface area contributed by atoms with Crippen molar-refractivity contribution in [1.82, 2.24) is 0 Å². The van der Waals surface area contributed by atoms with E-state index < -0.39 is 12.7 Å². The van der Waals surface area contributed by atoms with Crippen molar-refractivity contribution in [2.45, 2.75) is 6.04 Å². The molecule has 0 saturated carbocycles. The van der Waals surface area contributed by atoms with Crippen LogP contribution in [0.3, 0.4) is 0 Å². The molecular formula is C16H15ClFN. The molecule has 0 aromatic heterocycles. The first-order valence-electron chi connectivity index (χ1n) is 6.03. The van der Waals surface area contributed by atoms with Crippen molar-refractivity contribution in [2.75, 3.05) is 6.67 Å². The summed E-state index contributed by atoms with van der Waals surface area (Å²) in [7, 11) is 0. The smallest absolute Gasteiger partial charge is 0.109 e. The van der Waals surface area contributed by atoms with Gasteiger partial charge in [-0.2, -0.15) is 0 Å². The Morgan fingerprint density at radius 2 is 1.47 bits per heavy atom. The molecule has 0 aliphatic heterocycles. The summed E-state index contributed by atoms with van der Waals surface area (Å²) in [5.74, 6) is 0. The first kappa shape index (κ1) is 13.8. The Bertz CT molecular complexity index is 711. The maximum atomic E-state index is 12.9. The van der Waals surface area contributed by atoms with Crippen LogP contribution >= 0.6 is 12.4 Å². The molecule has 0 bridgehead atoms. The molecule has 0 spiro atoms. The maximum absolute atomic E-state index is 12.9. The van der Waals surface area contributed by atoms with Gasteiger partial charge in [0.2, 0.25) is 0 Å². The van der Waals surface area contributed by atoms with E-state index in [0.717, 1.165) is 21.7 Å². The van der Waals surface area contributed by atoms with Crippen molar-refractivity contribution < 1.29 is 4.39 Å². The Hall–Kier alpha value is -1.64. The maximum Gasteiger partial charge on any atom is 0.109 e. The van der Waals surface area contributed by atoms with Crippen molar-refractivity contribution >= 4 is 34.0 Å². The minimum Gasteiger partial charge on any atom is -0.322 e. The van der Waals surface area contributed by atoms with Crippen LogP contribution < -0.4 is 5.73 Å². The molecule has 3 aromatic carbocycles. The van der Waals surface area contributed by atoms with Crippen LogP contribution in [0.15, 0.2) is 54.6 Å². The van der Waals surface area contributed by atoms with Gasteiger partial charge >= 0.3 is 0 Å². The Balaban J connectivity index is 0.00000133. The summed E-state index contributed by atoms with van der Waals surface area (Å²) >= 11 is 0. The molecule has 19 heavy (non-hydrogen) atoms. The molecule has 0 aliphatic carbocycles. The van der Waals surface area contributed by atoms with E-state index in [-0.39, 0.29) is 12.4 Å². The van der Waals surface area contributed by atoms with Crippen molar-refractivity contribution in [2.24, 2.45) is 5.73 Å². The number of fused-ring (bicyclic) bond motifs is 3. The molecule has 0 fully saturated rings. The molecule has 3 heteroatoms. The summed E-state index contributed by atoms with van der Waals surface area (Å²) in [5, 5.41) is 4.47. The van der Waals surface area contributed by atoms with Gasteiger partial charge in [-0.15, -0.1) is 12.4 Å². The second kappa shape index (κ2) is 5.55. The van der Waals surface area contributed by atoms with Gasteiger partial charge in [-0.3, -0.25) is 0 Å². The van der Waals surface area contributed by atoms with E-state index in [2.05, 4.69) is 12.1 Å². The monoisotopic (exact) mass is 275 g/mol. The standard InChI is InChI=1S/C16H14FN.ClH/c17-10-16(18)15-9-11-5-1-2-6-12(11)13-7-3-4-8-14(13)15;/h1-9,16H,10,18H2;1H/t16-;/m1./s1. The highest BCUT2D eigenvalue weighted by molar-refractivity contribution is 6.09. The fourth-order valence-corrected chi connectivity index (χ4v) is 2.47. The van der Waals surface area contributed by atoms with Crippen molar-refractivity contribution in [3.8, 4) is 0 Å². The highest BCUT2D eigenvalue weighted by Crippen LogP contribution is 2.31. The second-order valence-electron chi connectivity index (χ2n) is 4.49. The van der Waals surface area contributed by atoms with Gasteiger partial charge in [0.15, 0.2) is 0 Å². The Labute approximate surface area is 117 Å². The van der Waals surface area contributed by atoms with Crippen LogP contribution in [0.2, 0.25) is 0 Å². The first-order chi connectivity index (χ1) is 8.81. The minimum absolute atomic E-state index is 0. The van der Waals surface area contributed by atoms with E-state index in [1.807, 2.05) is 42.5 Å². The Morgan fingerprint density at radius 3 is 2.16 bits per heavy atom. The number of hydrogen-bond acceptors (Lipinski definition) is 1. The number of alkyl halides is 1. The third kappa shape index (κ3) is 2.29. The van der Waals surface area contributed by atoms with Crippen LogP contribution in [0.1, 0.15) is 11.6 Å². The third-order valence-electron chi connectivity index (χ3n) is 3.37. The number of nitrogens with two attached hydrogens (primary N) is 1. The molecule has 1 atom stereocenters. The minimum atomic E-state index is -0.556. The summed E-state index contributed by atoms with van der Waals surface area (Å²) in [6.45, 7) is -0.539. The van der Waals surface area contributed by atoms with Gasteiger partial charge in [-0.1, -0.05) is 48.5 Å². The van der Waals surface area contributed by atoms with E-state index in [9.17, 15) is 4.39 Å². The molecule has 98 valence electrons. The number of hydrogen-bond donors (Lipinski definition) is 1. The van der Waals surface area contributed by atoms with Gasteiger partial charge in [0.1, 0.15) is 6.67 Å². The van der Waals surface area contributed by atoms with Crippen LogP contribution in [0.5, 0.6) is 0 Å². The van der Waals surface area contributed by atoms with E-state index in [4.69, 9.17) is 5.73 Å². The van der Waals surface area contributed by atoms with Crippen LogP contribution in [0, 0.1) is 0 Å². The fourth-order valence-electron chi connectivity index (χ4n) is 2.47. The zero-order chi connectivity index (χ0) is 12.5. The SMILES string of the molecule is Cl.N[C@H](CF)c1cc2ccccc2c2ccccc12. The van der Waals surface area contributed by atoms with Crippen molar-refractivity contribution in [3.05, 3.63) is 60.2 Å². The molecule has 0 unspecified atom stereocenters. The van der Waals surface area contributed by atoms with Gasteiger partial charge in [0, 0.05) is 0 Å². The van der Waals surface area contributed by atoms with Crippen LogP contribution in [-0.2, 0) is 0 Å². The molecule has 0 aliphatic rings. The van der Waals surface area contributed by atoms with E-state index >= 15 is 0 Å². The lowest BCUT2D eigenvalue weighted by molar-refractivity contribution is 0.439. The largest absolute Gasteiger partial charge is 0.322 e. The van der Waals surface area contributed by atoms with Gasteiger partial charge < -0.3 is 5.73 Å². The van der Waals surface area contributed by atoms with E-state index in [0.29, 0.717) is 0 Å². The quantitative estimate of drug-likeness (QED) is 0.690. The summed E-state index contributed by atoms with van der Waals surface area (Å²) in [6, 6.07) is 17.6. The van der Waals surface area contributed by atoms with Crippen LogP contribution in [0.25, 0.3) is 21.5 Å². The van der Waals surface area contributed by atoms with Gasteiger partial charge in [-0.25, -0.2) is 4.39 Å². The van der Waals surface area contributed by atoms with Crippen molar-refractivity contribution in [3.63, 3.8) is 0 Å². The summed E-state index contributed by atoms with van der Waals surface area (Å²) in [4.78, 5) is 0. The molecule has 2 N–H and O–H groups in total. The molecule has 0 heterocycles. The molecule has 0 saturated heterocycles. The average Bonchev–Trinajstić information content (AvgIpc) is 2.45. The molecule has 3 rings (SSSR count). The summed E-state index contributed by atoms with van der Waals surface area (Å²) in [5.41, 5.74) is 6.76. The molecule has 1 nitrogen and oxygen atoms in total. The molecule has 0 radical (unpaired) electrons. The first-order valence-corrected chi connectivity index (χ1v) is 6.03. The lowest BCUT2D eigenvalue weighted by atomic mass is 9.94. The van der Waals surface area contributed by atoms with Crippen molar-refractivity contribution in [1.29, 1.82) is 0 Å². The van der Waals surface area contributed by atoms with Gasteiger partial charge in [0.25, 0.3) is 0 Å². The zero-order valence-electron chi connectivity index (χ0n) is 10.3. The normalized spacial score (nSPS) is 12.3. The highest BCUT2D eigenvalue weighted by atomic mass is 35.5. The lowest BCUT2D eigenvalue weighted by Gasteiger charge is -2.14. The topological polar surface area (TPSA) is 26.0 Å².